The van der Waals surface area contributed by atoms with Crippen LogP contribution in [0.1, 0.15) is 14.5 Å². The van der Waals surface area contributed by atoms with Crippen molar-refractivity contribution >= 4 is 27.1 Å². The Balaban J connectivity index is 2.69. The van der Waals surface area contributed by atoms with E-state index in [1.165, 1.54) is 19.2 Å². The summed E-state index contributed by atoms with van der Waals surface area (Å²) in [6.07, 6.45) is 0. The minimum Gasteiger partial charge on any atom is -0.477 e. The topological polar surface area (TPSA) is 80.7 Å². The Bertz CT molecular complexity index is 460. The fraction of sp³-hybridized carbons (Fsp3) is 0.444. The molecule has 1 aromatic rings. The quantitative estimate of drug-likeness (QED) is 0.829. The molecule has 1 rings (SSSR count). The summed E-state index contributed by atoms with van der Waals surface area (Å²) in [5.74, 6) is -1.22. The summed E-state index contributed by atoms with van der Waals surface area (Å²) in [5.41, 5.74) is 0. The summed E-state index contributed by atoms with van der Waals surface area (Å²) >= 11 is 0.982. The van der Waals surface area contributed by atoms with E-state index in [9.17, 15) is 13.2 Å². The zero-order chi connectivity index (χ0) is 12.2. The molecule has 5 nitrogen and oxygen atoms in total. The van der Waals surface area contributed by atoms with Gasteiger partial charge in [0.1, 0.15) is 4.88 Å². The van der Waals surface area contributed by atoms with E-state index in [2.05, 4.69) is 4.74 Å². The summed E-state index contributed by atoms with van der Waals surface area (Å²) in [5, 5.41) is 8.68. The molecule has 1 N–H and O–H groups in total. The van der Waals surface area contributed by atoms with E-state index in [1.807, 2.05) is 0 Å². The van der Waals surface area contributed by atoms with Gasteiger partial charge in [-0.25, -0.2) is 13.2 Å². The van der Waals surface area contributed by atoms with E-state index in [0.29, 0.717) is 4.88 Å². The molecule has 0 radical (unpaired) electrons. The van der Waals surface area contributed by atoms with Crippen molar-refractivity contribution in [1.29, 1.82) is 0 Å². The third kappa shape index (κ3) is 3.92. The summed E-state index contributed by atoms with van der Waals surface area (Å²) in [7, 11) is -1.78. The molecule has 90 valence electrons. The highest BCUT2D eigenvalue weighted by atomic mass is 32.2. The van der Waals surface area contributed by atoms with Gasteiger partial charge in [-0.3, -0.25) is 0 Å². The lowest BCUT2D eigenvalue weighted by molar-refractivity contribution is 0.0702. The van der Waals surface area contributed by atoms with E-state index in [-0.39, 0.29) is 23.0 Å². The molecule has 1 aromatic heterocycles. The smallest absolute Gasteiger partial charge is 0.345 e. The molecule has 0 aromatic carbocycles. The van der Waals surface area contributed by atoms with Gasteiger partial charge in [-0.2, -0.15) is 0 Å². The highest BCUT2D eigenvalue weighted by molar-refractivity contribution is 7.90. The van der Waals surface area contributed by atoms with Crippen LogP contribution in [0.25, 0.3) is 0 Å². The molecule has 0 spiro atoms. The van der Waals surface area contributed by atoms with Crippen LogP contribution in [-0.2, 0) is 20.3 Å². The Morgan fingerprint density at radius 1 is 1.50 bits per heavy atom. The number of aromatic carboxylic acids is 1. The lowest BCUT2D eigenvalue weighted by Gasteiger charge is -2.01. The Kier molecular flexibility index (Phi) is 4.45. The molecule has 0 unspecified atom stereocenters. The van der Waals surface area contributed by atoms with E-state index in [1.54, 1.807) is 0 Å². The van der Waals surface area contributed by atoms with Crippen molar-refractivity contribution in [3.05, 3.63) is 21.9 Å². The lowest BCUT2D eigenvalue weighted by atomic mass is 10.4. The van der Waals surface area contributed by atoms with Gasteiger partial charge >= 0.3 is 5.97 Å². The Morgan fingerprint density at radius 3 is 2.69 bits per heavy atom. The van der Waals surface area contributed by atoms with Crippen molar-refractivity contribution < 1.29 is 23.1 Å². The second-order valence-corrected chi connectivity index (χ2v) is 6.51. The zero-order valence-electron chi connectivity index (χ0n) is 8.67. The van der Waals surface area contributed by atoms with Crippen LogP contribution in [-0.4, -0.2) is 39.0 Å². The monoisotopic (exact) mass is 264 g/mol. The molecule has 0 saturated carbocycles. The predicted molar refractivity (Wildman–Crippen MR) is 60.6 cm³/mol. The van der Waals surface area contributed by atoms with Crippen LogP contribution in [0.4, 0.5) is 0 Å². The number of rotatable bonds is 6. The van der Waals surface area contributed by atoms with E-state index < -0.39 is 15.8 Å². The Labute approximate surface area is 97.6 Å². The summed E-state index contributed by atoms with van der Waals surface area (Å²) in [6.45, 7) is 0.152. The third-order valence-electron chi connectivity index (χ3n) is 1.83. The van der Waals surface area contributed by atoms with Crippen LogP contribution in [0.2, 0.25) is 0 Å². The first-order chi connectivity index (χ1) is 7.44. The fourth-order valence-corrected chi connectivity index (χ4v) is 3.58. The number of methoxy groups -OCH3 is 1. The number of carboxylic acids is 1. The van der Waals surface area contributed by atoms with E-state index in [0.717, 1.165) is 11.3 Å². The molecular formula is C9H12O5S2. The SMILES string of the molecule is COCCS(=O)(=O)Cc1ccc(C(=O)O)s1. The van der Waals surface area contributed by atoms with Gasteiger partial charge in [0.2, 0.25) is 0 Å². The molecule has 16 heavy (non-hydrogen) atoms. The molecule has 0 fully saturated rings. The van der Waals surface area contributed by atoms with Gasteiger partial charge in [-0.05, 0) is 12.1 Å². The molecule has 0 aliphatic carbocycles. The number of ether oxygens (including phenoxy) is 1. The lowest BCUT2D eigenvalue weighted by Crippen LogP contribution is -2.12. The predicted octanol–water partition coefficient (Wildman–Crippen LogP) is 1.01. The van der Waals surface area contributed by atoms with Gasteiger partial charge in [0, 0.05) is 12.0 Å². The van der Waals surface area contributed by atoms with Gasteiger partial charge in [-0.15, -0.1) is 11.3 Å². The summed E-state index contributed by atoms with van der Waals surface area (Å²) in [4.78, 5) is 11.3. The van der Waals surface area contributed by atoms with Crippen molar-refractivity contribution in [1.82, 2.24) is 0 Å². The fourth-order valence-electron chi connectivity index (χ4n) is 1.07. The number of hydrogen-bond donors (Lipinski definition) is 1. The molecule has 1 heterocycles. The average Bonchev–Trinajstić information content (AvgIpc) is 2.62. The zero-order valence-corrected chi connectivity index (χ0v) is 10.3. The van der Waals surface area contributed by atoms with E-state index in [4.69, 9.17) is 5.11 Å². The largest absolute Gasteiger partial charge is 0.477 e. The normalized spacial score (nSPS) is 11.6. The molecule has 0 saturated heterocycles. The van der Waals surface area contributed by atoms with Crippen LogP contribution < -0.4 is 0 Å². The maximum atomic E-state index is 11.5. The first kappa shape index (κ1) is 13.1. The van der Waals surface area contributed by atoms with Crippen molar-refractivity contribution in [2.75, 3.05) is 19.5 Å². The molecule has 0 atom stereocenters. The highest BCUT2D eigenvalue weighted by Crippen LogP contribution is 2.19. The van der Waals surface area contributed by atoms with Crippen molar-refractivity contribution in [3.63, 3.8) is 0 Å². The van der Waals surface area contributed by atoms with Gasteiger partial charge in [0.05, 0.1) is 18.1 Å². The summed E-state index contributed by atoms with van der Waals surface area (Å²) in [6, 6.07) is 2.94. The first-order valence-corrected chi connectivity index (χ1v) is 7.10. The molecule has 0 bridgehead atoms. The maximum Gasteiger partial charge on any atom is 0.345 e. The molecule has 0 aliphatic rings. The van der Waals surface area contributed by atoms with Crippen molar-refractivity contribution in [2.45, 2.75) is 5.75 Å². The minimum atomic E-state index is -3.22. The average molecular weight is 264 g/mol. The number of sulfone groups is 1. The van der Waals surface area contributed by atoms with Crippen LogP contribution in [0.5, 0.6) is 0 Å². The van der Waals surface area contributed by atoms with Gasteiger partial charge in [0.25, 0.3) is 0 Å². The minimum absolute atomic E-state index is 0.0518. The summed E-state index contributed by atoms with van der Waals surface area (Å²) < 4.78 is 27.7. The molecular weight excluding hydrogens is 252 g/mol. The van der Waals surface area contributed by atoms with Crippen LogP contribution >= 0.6 is 11.3 Å². The van der Waals surface area contributed by atoms with Crippen LogP contribution in [0.15, 0.2) is 12.1 Å². The number of hydrogen-bond acceptors (Lipinski definition) is 5. The number of thiophene rings is 1. The number of carbonyl (C=O) groups is 1. The second kappa shape index (κ2) is 5.42. The van der Waals surface area contributed by atoms with E-state index >= 15 is 0 Å². The molecule has 7 heteroatoms. The van der Waals surface area contributed by atoms with Crippen molar-refractivity contribution in [2.24, 2.45) is 0 Å². The van der Waals surface area contributed by atoms with Crippen LogP contribution in [0.3, 0.4) is 0 Å². The van der Waals surface area contributed by atoms with Gasteiger partial charge in [-0.1, -0.05) is 0 Å². The second-order valence-electron chi connectivity index (χ2n) is 3.16. The Morgan fingerprint density at radius 2 is 2.19 bits per heavy atom. The number of carboxylic acid groups (broad SMARTS) is 1. The highest BCUT2D eigenvalue weighted by Gasteiger charge is 2.15. The third-order valence-corrected chi connectivity index (χ3v) is 4.63. The standard InChI is InChI=1S/C9H12O5S2/c1-14-4-5-16(12,13)6-7-2-3-8(15-7)9(10)11/h2-3H,4-6H2,1H3,(H,10,11). The van der Waals surface area contributed by atoms with Crippen molar-refractivity contribution in [3.8, 4) is 0 Å². The Hall–Kier alpha value is -0.920. The molecule has 0 aliphatic heterocycles. The first-order valence-electron chi connectivity index (χ1n) is 4.46. The van der Waals surface area contributed by atoms with Crippen LogP contribution in [0, 0.1) is 0 Å². The maximum absolute atomic E-state index is 11.5. The van der Waals surface area contributed by atoms with Gasteiger partial charge in [0.15, 0.2) is 9.84 Å². The van der Waals surface area contributed by atoms with Gasteiger partial charge < -0.3 is 9.84 Å². The molecule has 0 amide bonds.